The molecular formula is C14H21NO. The Balaban J connectivity index is 2.19. The van der Waals surface area contributed by atoms with Gasteiger partial charge in [-0.2, -0.15) is 0 Å². The quantitative estimate of drug-likeness (QED) is 0.797. The molecule has 1 saturated carbocycles. The van der Waals surface area contributed by atoms with Crippen LogP contribution in [0.5, 0.6) is 0 Å². The van der Waals surface area contributed by atoms with Gasteiger partial charge in [0.1, 0.15) is 0 Å². The Morgan fingerprint density at radius 3 is 2.44 bits per heavy atom. The van der Waals surface area contributed by atoms with Crippen molar-refractivity contribution in [3.05, 3.63) is 35.9 Å². The molecule has 0 spiro atoms. The van der Waals surface area contributed by atoms with Crippen LogP contribution in [0.25, 0.3) is 0 Å². The monoisotopic (exact) mass is 219 g/mol. The molecule has 16 heavy (non-hydrogen) atoms. The molecule has 0 aliphatic heterocycles. The molecule has 0 heterocycles. The van der Waals surface area contributed by atoms with Crippen molar-refractivity contribution in [2.45, 2.75) is 44.2 Å². The van der Waals surface area contributed by atoms with E-state index in [9.17, 15) is 5.11 Å². The maximum Gasteiger partial charge on any atom is 0.0668 e. The summed E-state index contributed by atoms with van der Waals surface area (Å²) in [7, 11) is 0. The van der Waals surface area contributed by atoms with E-state index in [0.717, 1.165) is 6.42 Å². The normalized spacial score (nSPS) is 20.1. The van der Waals surface area contributed by atoms with Gasteiger partial charge in [-0.3, -0.25) is 0 Å². The van der Waals surface area contributed by atoms with E-state index in [1.807, 2.05) is 18.2 Å². The Morgan fingerprint density at radius 1 is 1.31 bits per heavy atom. The van der Waals surface area contributed by atoms with Crippen LogP contribution in [-0.4, -0.2) is 17.8 Å². The average Bonchev–Trinajstić information content (AvgIpc) is 2.30. The van der Waals surface area contributed by atoms with Crippen molar-refractivity contribution in [1.29, 1.82) is 0 Å². The fourth-order valence-electron chi connectivity index (χ4n) is 2.34. The van der Waals surface area contributed by atoms with Crippen molar-refractivity contribution in [1.82, 2.24) is 5.32 Å². The predicted octanol–water partition coefficient (Wildman–Crippen LogP) is 2.43. The van der Waals surface area contributed by atoms with E-state index in [4.69, 9.17) is 0 Å². The lowest BCUT2D eigenvalue weighted by Crippen LogP contribution is -2.52. The molecule has 2 N–H and O–H groups in total. The largest absolute Gasteiger partial charge is 0.394 e. The van der Waals surface area contributed by atoms with E-state index in [1.54, 1.807) is 0 Å². The molecule has 1 atom stereocenters. The van der Waals surface area contributed by atoms with Gasteiger partial charge >= 0.3 is 0 Å². The Morgan fingerprint density at radius 2 is 2.00 bits per heavy atom. The highest BCUT2D eigenvalue weighted by Gasteiger charge is 2.33. The summed E-state index contributed by atoms with van der Waals surface area (Å²) < 4.78 is 0. The predicted molar refractivity (Wildman–Crippen MR) is 66.3 cm³/mol. The van der Waals surface area contributed by atoms with Crippen LogP contribution in [0.3, 0.4) is 0 Å². The first-order valence-electron chi connectivity index (χ1n) is 6.25. The molecule has 0 amide bonds. The third-order valence-corrected chi connectivity index (χ3v) is 3.79. The molecule has 1 aromatic rings. The number of hydrogen-bond acceptors (Lipinski definition) is 2. The zero-order valence-corrected chi connectivity index (χ0v) is 9.95. The summed E-state index contributed by atoms with van der Waals surface area (Å²) in [6.07, 6.45) is 4.73. The Kier molecular flexibility index (Phi) is 3.62. The van der Waals surface area contributed by atoms with Crippen LogP contribution in [0.15, 0.2) is 30.3 Å². The van der Waals surface area contributed by atoms with Crippen LogP contribution < -0.4 is 5.32 Å². The lowest BCUT2D eigenvalue weighted by molar-refractivity contribution is 0.123. The molecule has 1 fully saturated rings. The molecule has 1 aliphatic carbocycles. The molecule has 1 aliphatic rings. The van der Waals surface area contributed by atoms with Crippen LogP contribution >= 0.6 is 0 Å². The minimum absolute atomic E-state index is 0.171. The Bertz CT molecular complexity index is 315. The lowest BCUT2D eigenvalue weighted by Gasteiger charge is -2.40. The number of aliphatic hydroxyl groups is 1. The molecule has 0 aromatic heterocycles. The third kappa shape index (κ3) is 2.13. The molecule has 2 heteroatoms. The lowest BCUT2D eigenvalue weighted by atomic mass is 9.83. The molecule has 0 bridgehead atoms. The van der Waals surface area contributed by atoms with Gasteiger partial charge in [-0.05, 0) is 24.8 Å². The first-order chi connectivity index (χ1) is 7.80. The average molecular weight is 219 g/mol. The second-order valence-corrected chi connectivity index (χ2v) is 4.73. The SMILES string of the molecule is CCC(CO)(NC1CCC1)c1ccccc1. The number of benzene rings is 1. The van der Waals surface area contributed by atoms with Gasteiger partial charge in [0, 0.05) is 6.04 Å². The second kappa shape index (κ2) is 4.98. The first-order valence-corrected chi connectivity index (χ1v) is 6.25. The van der Waals surface area contributed by atoms with Crippen molar-refractivity contribution in [3.8, 4) is 0 Å². The summed E-state index contributed by atoms with van der Waals surface area (Å²) in [5.41, 5.74) is 0.957. The smallest absolute Gasteiger partial charge is 0.0668 e. The van der Waals surface area contributed by atoms with Crippen molar-refractivity contribution in [3.63, 3.8) is 0 Å². The van der Waals surface area contributed by atoms with E-state index in [2.05, 4.69) is 24.4 Å². The van der Waals surface area contributed by atoms with E-state index < -0.39 is 0 Å². The highest BCUT2D eigenvalue weighted by Crippen LogP contribution is 2.29. The van der Waals surface area contributed by atoms with Gasteiger partial charge in [-0.15, -0.1) is 0 Å². The third-order valence-electron chi connectivity index (χ3n) is 3.79. The summed E-state index contributed by atoms with van der Waals surface area (Å²) in [4.78, 5) is 0. The Hall–Kier alpha value is -0.860. The summed E-state index contributed by atoms with van der Waals surface area (Å²) in [6, 6.07) is 10.9. The van der Waals surface area contributed by atoms with Crippen LogP contribution in [0, 0.1) is 0 Å². The molecule has 1 aromatic carbocycles. The van der Waals surface area contributed by atoms with Gasteiger partial charge in [-0.1, -0.05) is 43.7 Å². The molecule has 2 rings (SSSR count). The van der Waals surface area contributed by atoms with Crippen molar-refractivity contribution >= 4 is 0 Å². The van der Waals surface area contributed by atoms with Gasteiger partial charge in [0.2, 0.25) is 0 Å². The van der Waals surface area contributed by atoms with Crippen LogP contribution in [0.4, 0.5) is 0 Å². The summed E-state index contributed by atoms with van der Waals surface area (Å²) >= 11 is 0. The van der Waals surface area contributed by atoms with Crippen molar-refractivity contribution in [2.75, 3.05) is 6.61 Å². The fourth-order valence-corrected chi connectivity index (χ4v) is 2.34. The maximum absolute atomic E-state index is 9.74. The topological polar surface area (TPSA) is 32.3 Å². The molecular weight excluding hydrogens is 198 g/mol. The van der Waals surface area contributed by atoms with Crippen LogP contribution in [-0.2, 0) is 5.54 Å². The van der Waals surface area contributed by atoms with Crippen LogP contribution in [0.1, 0.15) is 38.2 Å². The molecule has 1 unspecified atom stereocenters. The standard InChI is InChI=1S/C14H21NO/c1-2-14(11-16,15-13-9-6-10-13)12-7-4-3-5-8-12/h3-5,7-8,13,15-16H,2,6,9-11H2,1H3. The minimum atomic E-state index is -0.244. The zero-order valence-electron chi connectivity index (χ0n) is 9.95. The van der Waals surface area contributed by atoms with Gasteiger partial charge in [-0.25, -0.2) is 0 Å². The van der Waals surface area contributed by atoms with E-state index in [1.165, 1.54) is 24.8 Å². The molecule has 0 radical (unpaired) electrons. The van der Waals surface area contributed by atoms with Gasteiger partial charge in [0.25, 0.3) is 0 Å². The van der Waals surface area contributed by atoms with Crippen molar-refractivity contribution < 1.29 is 5.11 Å². The summed E-state index contributed by atoms with van der Waals surface area (Å²) in [5.74, 6) is 0. The Labute approximate surface area is 97.7 Å². The second-order valence-electron chi connectivity index (χ2n) is 4.73. The van der Waals surface area contributed by atoms with Crippen LogP contribution in [0.2, 0.25) is 0 Å². The first kappa shape index (κ1) is 11.6. The van der Waals surface area contributed by atoms with E-state index in [0.29, 0.717) is 6.04 Å². The van der Waals surface area contributed by atoms with Gasteiger partial charge in [0.15, 0.2) is 0 Å². The number of hydrogen-bond donors (Lipinski definition) is 2. The number of rotatable bonds is 5. The highest BCUT2D eigenvalue weighted by molar-refractivity contribution is 5.25. The van der Waals surface area contributed by atoms with Gasteiger partial charge < -0.3 is 10.4 Å². The van der Waals surface area contributed by atoms with E-state index >= 15 is 0 Å². The van der Waals surface area contributed by atoms with Crippen molar-refractivity contribution in [2.24, 2.45) is 0 Å². The number of aliphatic hydroxyl groups excluding tert-OH is 1. The molecule has 88 valence electrons. The fraction of sp³-hybridized carbons (Fsp3) is 0.571. The highest BCUT2D eigenvalue weighted by atomic mass is 16.3. The number of nitrogens with one attached hydrogen (secondary N) is 1. The molecule has 2 nitrogen and oxygen atoms in total. The summed E-state index contributed by atoms with van der Waals surface area (Å²) in [5, 5.41) is 13.4. The summed E-state index contributed by atoms with van der Waals surface area (Å²) in [6.45, 7) is 2.30. The maximum atomic E-state index is 9.74. The van der Waals surface area contributed by atoms with Gasteiger partial charge in [0.05, 0.1) is 12.1 Å². The zero-order chi connectivity index (χ0) is 11.4. The minimum Gasteiger partial charge on any atom is -0.394 e. The van der Waals surface area contributed by atoms with E-state index in [-0.39, 0.29) is 12.1 Å². The molecule has 0 saturated heterocycles.